The van der Waals surface area contributed by atoms with Gasteiger partial charge in [0.1, 0.15) is 11.3 Å². The molecule has 0 saturated carbocycles. The standard InChI is InChI=1S/C18H11O4/c19-12-21-17-15-9-5-4-6-13(15)10-11-16(17)18(20)22-14-7-2-1-3-8-14/h1-11H. The highest BCUT2D eigenvalue weighted by atomic mass is 16.5. The average molecular weight is 291 g/mol. The summed E-state index contributed by atoms with van der Waals surface area (Å²) in [4.78, 5) is 23.0. The Kier molecular flexibility index (Phi) is 3.83. The molecule has 0 aliphatic rings. The van der Waals surface area contributed by atoms with Crippen LogP contribution in [0, 0.1) is 0 Å². The molecule has 0 aromatic heterocycles. The van der Waals surface area contributed by atoms with Crippen molar-refractivity contribution in [2.24, 2.45) is 0 Å². The van der Waals surface area contributed by atoms with Crippen molar-refractivity contribution in [3.8, 4) is 11.5 Å². The van der Waals surface area contributed by atoms with E-state index in [0.717, 1.165) is 5.39 Å². The van der Waals surface area contributed by atoms with E-state index >= 15 is 0 Å². The number of ether oxygens (including phenoxy) is 2. The average Bonchev–Trinajstić information content (AvgIpc) is 2.56. The molecule has 22 heavy (non-hydrogen) atoms. The van der Waals surface area contributed by atoms with Gasteiger partial charge in [-0.15, -0.1) is 0 Å². The molecular weight excluding hydrogens is 280 g/mol. The molecule has 0 aliphatic heterocycles. The smallest absolute Gasteiger partial charge is 0.423 e. The van der Waals surface area contributed by atoms with Gasteiger partial charge in [-0.3, -0.25) is 0 Å². The number of fused-ring (bicyclic) bond motifs is 1. The van der Waals surface area contributed by atoms with Crippen molar-refractivity contribution in [1.82, 2.24) is 0 Å². The van der Waals surface area contributed by atoms with Gasteiger partial charge in [0.25, 0.3) is 0 Å². The number of carbonyl (C=O) groups is 1. The van der Waals surface area contributed by atoms with Gasteiger partial charge in [0.15, 0.2) is 5.75 Å². The van der Waals surface area contributed by atoms with Gasteiger partial charge in [-0.1, -0.05) is 48.5 Å². The topological polar surface area (TPSA) is 52.6 Å². The number of rotatable bonds is 4. The van der Waals surface area contributed by atoms with E-state index in [4.69, 9.17) is 9.47 Å². The summed E-state index contributed by atoms with van der Waals surface area (Å²) in [5.41, 5.74) is 0.172. The Bertz CT molecular complexity index is 825. The Morgan fingerprint density at radius 2 is 1.59 bits per heavy atom. The summed E-state index contributed by atoms with van der Waals surface area (Å²) in [6, 6.07) is 19.3. The van der Waals surface area contributed by atoms with Crippen molar-refractivity contribution in [2.75, 3.05) is 0 Å². The van der Waals surface area contributed by atoms with Crippen LogP contribution in [-0.4, -0.2) is 12.4 Å². The van der Waals surface area contributed by atoms with Crippen molar-refractivity contribution < 1.29 is 19.1 Å². The molecule has 4 heteroatoms. The number of benzene rings is 3. The molecule has 3 aromatic carbocycles. The van der Waals surface area contributed by atoms with Crippen molar-refractivity contribution in [2.45, 2.75) is 0 Å². The molecule has 0 fully saturated rings. The predicted octanol–water partition coefficient (Wildman–Crippen LogP) is 3.51. The summed E-state index contributed by atoms with van der Waals surface area (Å²) in [5.74, 6) is -0.0297. The molecule has 4 nitrogen and oxygen atoms in total. The molecule has 3 aromatic rings. The summed E-state index contributed by atoms with van der Waals surface area (Å²) >= 11 is 0. The lowest BCUT2D eigenvalue weighted by Gasteiger charge is -2.10. The van der Waals surface area contributed by atoms with Crippen LogP contribution in [0.15, 0.2) is 66.7 Å². The predicted molar refractivity (Wildman–Crippen MR) is 81.7 cm³/mol. The Morgan fingerprint density at radius 1 is 0.864 bits per heavy atom. The lowest BCUT2D eigenvalue weighted by molar-refractivity contribution is 0.0733. The third kappa shape index (κ3) is 2.67. The molecule has 0 saturated heterocycles. The molecule has 0 amide bonds. The maximum Gasteiger partial charge on any atom is 0.423 e. The van der Waals surface area contributed by atoms with Crippen LogP contribution in [0.4, 0.5) is 0 Å². The van der Waals surface area contributed by atoms with Gasteiger partial charge in [-0.2, -0.15) is 0 Å². The highest BCUT2D eigenvalue weighted by molar-refractivity contribution is 6.02. The van der Waals surface area contributed by atoms with E-state index in [1.165, 1.54) is 6.47 Å². The van der Waals surface area contributed by atoms with Crippen molar-refractivity contribution >= 4 is 23.2 Å². The number of para-hydroxylation sites is 1. The first kappa shape index (κ1) is 13.8. The minimum Gasteiger partial charge on any atom is -0.423 e. The van der Waals surface area contributed by atoms with Crippen LogP contribution in [0.2, 0.25) is 0 Å². The zero-order chi connectivity index (χ0) is 15.4. The highest BCUT2D eigenvalue weighted by Crippen LogP contribution is 2.30. The van der Waals surface area contributed by atoms with Crippen LogP contribution < -0.4 is 9.47 Å². The zero-order valence-corrected chi connectivity index (χ0v) is 11.5. The van der Waals surface area contributed by atoms with Crippen LogP contribution in [0.3, 0.4) is 0 Å². The van der Waals surface area contributed by atoms with Crippen LogP contribution in [-0.2, 0) is 4.79 Å². The Balaban J connectivity index is 2.04. The van der Waals surface area contributed by atoms with E-state index in [1.54, 1.807) is 48.5 Å². The minimum atomic E-state index is -0.595. The molecule has 3 rings (SSSR count). The van der Waals surface area contributed by atoms with E-state index in [9.17, 15) is 9.59 Å². The Labute approximate surface area is 126 Å². The van der Waals surface area contributed by atoms with Crippen LogP contribution in [0.25, 0.3) is 10.8 Å². The molecule has 0 N–H and O–H groups in total. The number of hydrogen-bond acceptors (Lipinski definition) is 4. The normalized spacial score (nSPS) is 10.2. The fourth-order valence-electron chi connectivity index (χ4n) is 2.21. The van der Waals surface area contributed by atoms with Gasteiger partial charge in [0, 0.05) is 5.39 Å². The second kappa shape index (κ2) is 6.10. The van der Waals surface area contributed by atoms with Crippen molar-refractivity contribution in [3.05, 3.63) is 72.3 Å². The molecule has 0 atom stereocenters. The van der Waals surface area contributed by atoms with Crippen LogP contribution in [0.5, 0.6) is 11.5 Å². The van der Waals surface area contributed by atoms with Gasteiger partial charge < -0.3 is 9.47 Å². The first-order chi connectivity index (χ1) is 10.8. The van der Waals surface area contributed by atoms with Crippen molar-refractivity contribution in [1.29, 1.82) is 0 Å². The number of hydrogen-bond donors (Lipinski definition) is 0. The minimum absolute atomic E-state index is 0.147. The largest absolute Gasteiger partial charge is 0.423 e. The van der Waals surface area contributed by atoms with Crippen LogP contribution >= 0.6 is 0 Å². The van der Waals surface area contributed by atoms with E-state index < -0.39 is 5.97 Å². The lowest BCUT2D eigenvalue weighted by Crippen LogP contribution is -2.10. The maximum absolute atomic E-state index is 12.3. The third-order valence-electron chi connectivity index (χ3n) is 3.20. The van der Waals surface area contributed by atoms with Gasteiger partial charge in [0.05, 0.1) is 0 Å². The summed E-state index contributed by atoms with van der Waals surface area (Å²) in [6.07, 6.45) is 0. The Morgan fingerprint density at radius 3 is 2.36 bits per heavy atom. The monoisotopic (exact) mass is 291 g/mol. The second-order valence-electron chi connectivity index (χ2n) is 4.55. The van der Waals surface area contributed by atoms with E-state index in [2.05, 4.69) is 0 Å². The number of esters is 1. The summed E-state index contributed by atoms with van der Waals surface area (Å²) in [6.45, 7) is 1.38. The molecule has 0 unspecified atom stereocenters. The fraction of sp³-hybridized carbons (Fsp3) is 0. The quantitative estimate of drug-likeness (QED) is 0.545. The fourth-order valence-corrected chi connectivity index (χ4v) is 2.21. The molecular formula is C18H11O4. The summed E-state index contributed by atoms with van der Waals surface area (Å²) in [5, 5.41) is 1.50. The molecule has 107 valence electrons. The second-order valence-corrected chi connectivity index (χ2v) is 4.55. The summed E-state index contributed by atoms with van der Waals surface area (Å²) < 4.78 is 10.2. The first-order valence-corrected chi connectivity index (χ1v) is 6.62. The lowest BCUT2D eigenvalue weighted by atomic mass is 10.1. The van der Waals surface area contributed by atoms with E-state index in [1.807, 2.05) is 18.2 Å². The van der Waals surface area contributed by atoms with Gasteiger partial charge in [-0.25, -0.2) is 9.59 Å². The zero-order valence-electron chi connectivity index (χ0n) is 11.5. The molecule has 0 bridgehead atoms. The first-order valence-electron chi connectivity index (χ1n) is 6.62. The molecule has 0 spiro atoms. The Hall–Kier alpha value is -3.14. The molecule has 1 radical (unpaired) electrons. The van der Waals surface area contributed by atoms with Gasteiger partial charge in [-0.05, 0) is 23.6 Å². The molecule has 0 aliphatic carbocycles. The van der Waals surface area contributed by atoms with Crippen LogP contribution in [0.1, 0.15) is 10.4 Å². The maximum atomic E-state index is 12.3. The van der Waals surface area contributed by atoms with Gasteiger partial charge in [0.2, 0.25) is 0 Å². The summed E-state index contributed by atoms with van der Waals surface area (Å²) in [7, 11) is 0. The van der Waals surface area contributed by atoms with E-state index in [0.29, 0.717) is 11.1 Å². The molecule has 0 heterocycles. The van der Waals surface area contributed by atoms with Crippen molar-refractivity contribution in [3.63, 3.8) is 0 Å². The SMILES string of the molecule is O=[C]Oc1c(C(=O)Oc2ccccc2)ccc2ccccc12. The third-order valence-corrected chi connectivity index (χ3v) is 3.20. The van der Waals surface area contributed by atoms with Gasteiger partial charge >= 0.3 is 12.4 Å². The van der Waals surface area contributed by atoms with E-state index in [-0.39, 0.29) is 11.3 Å². The number of carbonyl (C=O) groups excluding carboxylic acids is 2. The highest BCUT2D eigenvalue weighted by Gasteiger charge is 2.18.